The normalized spacial score (nSPS) is 13.0. The summed E-state index contributed by atoms with van der Waals surface area (Å²) >= 11 is 0. The highest BCUT2D eigenvalue weighted by molar-refractivity contribution is 7.80. The molecule has 0 amide bonds. The largest absolute Gasteiger partial charge is 0.872 e. The molecule has 1 aromatic carbocycles. The van der Waals surface area contributed by atoms with Gasteiger partial charge in [-0.1, -0.05) is 113 Å². The Bertz CT molecular complexity index is 983. The van der Waals surface area contributed by atoms with Gasteiger partial charge in [-0.2, -0.15) is 0 Å². The lowest BCUT2D eigenvalue weighted by atomic mass is 10.3. The van der Waals surface area contributed by atoms with Crippen LogP contribution < -0.4 is 5.11 Å². The Kier molecular flexibility index (Phi) is 27.0. The van der Waals surface area contributed by atoms with Gasteiger partial charge in [0.2, 0.25) is 15.0 Å². The summed E-state index contributed by atoms with van der Waals surface area (Å²) in [4.78, 5) is 0. The molecule has 0 N–H and O–H groups in total. The number of hydrogen-bond acceptors (Lipinski definition) is 5. The highest BCUT2D eigenvalue weighted by atomic mass is 31.3. The van der Waals surface area contributed by atoms with Crippen molar-refractivity contribution in [2.45, 2.75) is 111 Å². The molecule has 1 aromatic rings. The first-order valence-electron chi connectivity index (χ1n) is 20.9. The van der Waals surface area contributed by atoms with Gasteiger partial charge in [-0.05, 0) is 36.7 Å². The lowest BCUT2D eigenvalue weighted by Gasteiger charge is -2.50. The lowest BCUT2D eigenvalue weighted by molar-refractivity contribution is -0.268. The lowest BCUT2D eigenvalue weighted by Crippen LogP contribution is -2.44. The Morgan fingerprint density at radius 2 is 0.596 bits per heavy atom. The molecule has 0 aliphatic rings. The van der Waals surface area contributed by atoms with Gasteiger partial charge >= 0.3 is 7.87 Å². The van der Waals surface area contributed by atoms with Crippen molar-refractivity contribution in [3.63, 3.8) is 0 Å². The van der Waals surface area contributed by atoms with Crippen molar-refractivity contribution in [3.8, 4) is 5.75 Å². The van der Waals surface area contributed by atoms with E-state index in [-0.39, 0.29) is 5.75 Å². The highest BCUT2D eigenvalue weighted by Crippen LogP contribution is 2.81. The van der Waals surface area contributed by atoms with Crippen molar-refractivity contribution in [1.82, 2.24) is 37.4 Å². The second-order valence-electron chi connectivity index (χ2n) is 12.2. The molecule has 52 heavy (non-hydrogen) atoms. The van der Waals surface area contributed by atoms with E-state index in [0.29, 0.717) is 0 Å². The molecule has 11 nitrogen and oxygen atoms in total. The number of benzene rings is 1. The second kappa shape index (κ2) is 27.2. The van der Waals surface area contributed by atoms with Crippen LogP contribution in [0.3, 0.4) is 0 Å². The summed E-state index contributed by atoms with van der Waals surface area (Å²) in [5.74, 6) is 0.0718. The van der Waals surface area contributed by atoms with Crippen LogP contribution in [0, 0.1) is 0 Å². The van der Waals surface area contributed by atoms with E-state index in [1.165, 1.54) is 12.1 Å². The minimum atomic E-state index is -2.68. The van der Waals surface area contributed by atoms with Gasteiger partial charge < -0.3 is 5.11 Å². The maximum atomic E-state index is 10.3. The number of rotatable bonds is 26. The van der Waals surface area contributed by atoms with E-state index in [1.54, 1.807) is 12.1 Å². The molecule has 0 radical (unpaired) electrons. The fourth-order valence-corrected chi connectivity index (χ4v) is 23.5. The maximum absolute atomic E-state index is 10.3. The summed E-state index contributed by atoms with van der Waals surface area (Å²) in [5.41, 5.74) is 0. The third-order valence-electron chi connectivity index (χ3n) is 10.1. The molecular formula is C38H85N10OP3. The molecule has 308 valence electrons. The molecule has 14 heteroatoms. The van der Waals surface area contributed by atoms with E-state index in [9.17, 15) is 5.11 Å². The van der Waals surface area contributed by atoms with Crippen molar-refractivity contribution in [3.05, 3.63) is 30.3 Å². The van der Waals surface area contributed by atoms with Crippen LogP contribution in [0.15, 0.2) is 39.4 Å². The van der Waals surface area contributed by atoms with Gasteiger partial charge in [0.25, 0.3) is 0 Å². The summed E-state index contributed by atoms with van der Waals surface area (Å²) in [6, 6.07) is 8.33. The fraction of sp³-hybridized carbons (Fsp3) is 0.842. The minimum Gasteiger partial charge on any atom is -0.872 e. The Balaban J connectivity index is 0.00000329. The van der Waals surface area contributed by atoms with Crippen LogP contribution in [0.2, 0.25) is 0 Å². The number of hydrogen-bond donors (Lipinski definition) is 0. The Morgan fingerprint density at radius 3 is 0.731 bits per heavy atom. The van der Waals surface area contributed by atoms with Gasteiger partial charge in [0.1, 0.15) is 0 Å². The SMILES string of the molecule is CCN(CC)P(=N[P+](N=P(N(CC)CC)(N(CC)CC)N(CC)CC)(N(CC)CC)N(CC)CC)(N(CC)CC)N(CC)CC.[O-]c1ccccc1. The minimum absolute atomic E-state index is 0.0718. The van der Waals surface area contributed by atoms with Gasteiger partial charge in [0.05, 0.1) is 0 Å². The first-order valence-corrected chi connectivity index (χ1v) is 25.7. The van der Waals surface area contributed by atoms with Crippen LogP contribution in [0.4, 0.5) is 0 Å². The molecule has 0 fully saturated rings. The first kappa shape index (κ1) is 51.6. The molecule has 1 rings (SSSR count). The third kappa shape index (κ3) is 11.8. The molecule has 0 heterocycles. The van der Waals surface area contributed by atoms with Gasteiger partial charge in [-0.3, -0.25) is 0 Å². The van der Waals surface area contributed by atoms with Gasteiger partial charge in [-0.15, -0.1) is 15.1 Å². The molecule has 0 spiro atoms. The molecular weight excluding hydrogens is 705 g/mol. The van der Waals surface area contributed by atoms with E-state index in [1.807, 2.05) is 6.07 Å². The smallest absolute Gasteiger partial charge is 0.404 e. The molecule has 0 aliphatic carbocycles. The van der Waals surface area contributed by atoms with Gasteiger partial charge in [0.15, 0.2) is 0 Å². The Hall–Kier alpha value is -0.410. The van der Waals surface area contributed by atoms with E-state index < -0.39 is 22.9 Å². The van der Waals surface area contributed by atoms with Gasteiger partial charge in [0, 0.05) is 105 Å². The number of para-hydroxylation sites is 1. The molecule has 0 atom stereocenters. The monoisotopic (exact) mass is 791 g/mol. The van der Waals surface area contributed by atoms with Crippen molar-refractivity contribution in [2.75, 3.05) is 105 Å². The third-order valence-corrected chi connectivity index (χ3v) is 24.5. The summed E-state index contributed by atoms with van der Waals surface area (Å²) in [6.45, 7) is 52.8. The standard InChI is InChI=1S/C32H80N10P3.C6H6O/c1-17-35(18-2)43(36(19-3)20-4,33-44(37(21-5)22-6,38(23-7)24-8)39(25-9)26-10)34-45(40(27-11)28-12,41(29-13)30-14)42(31-15)32-16;7-6-4-2-1-3-5-6/h17-32H2,1-16H3;1-5,7H/q+1;/p-1. The van der Waals surface area contributed by atoms with Crippen molar-refractivity contribution in [2.24, 2.45) is 9.03 Å². The predicted molar refractivity (Wildman–Crippen MR) is 235 cm³/mol. The van der Waals surface area contributed by atoms with Crippen LogP contribution in [0.25, 0.3) is 0 Å². The zero-order chi connectivity index (χ0) is 40.0. The summed E-state index contributed by atoms with van der Waals surface area (Å²) in [5, 5.41) is 10.3. The van der Waals surface area contributed by atoms with Crippen LogP contribution in [-0.4, -0.2) is 142 Å². The van der Waals surface area contributed by atoms with Gasteiger partial charge in [-0.25, -0.2) is 28.0 Å². The summed E-state index contributed by atoms with van der Waals surface area (Å²) < 4.78 is 35.0. The maximum Gasteiger partial charge on any atom is 0.404 e. The Labute approximate surface area is 325 Å². The number of nitrogens with zero attached hydrogens (tertiary/aromatic N) is 10. The summed E-state index contributed by atoms with van der Waals surface area (Å²) in [7, 11) is -7.43. The average molecular weight is 791 g/mol. The molecule has 0 aliphatic heterocycles. The first-order chi connectivity index (χ1) is 25.0. The van der Waals surface area contributed by atoms with Crippen LogP contribution >= 0.6 is 22.9 Å². The molecule has 0 bridgehead atoms. The van der Waals surface area contributed by atoms with E-state index >= 15 is 0 Å². The second-order valence-corrected chi connectivity index (χ2v) is 21.4. The van der Waals surface area contributed by atoms with Crippen molar-refractivity contribution < 1.29 is 5.11 Å². The molecule has 0 aromatic heterocycles. The fourth-order valence-electron chi connectivity index (χ4n) is 7.40. The molecule has 0 unspecified atom stereocenters. The topological polar surface area (TPSA) is 73.7 Å². The molecule has 0 saturated heterocycles. The molecule has 0 saturated carbocycles. The van der Waals surface area contributed by atoms with Crippen molar-refractivity contribution >= 4 is 22.9 Å². The van der Waals surface area contributed by atoms with E-state index in [0.717, 1.165) is 105 Å². The predicted octanol–water partition coefficient (Wildman–Crippen LogP) is 10.1. The average Bonchev–Trinajstić information content (AvgIpc) is 3.16. The Morgan fingerprint density at radius 1 is 0.385 bits per heavy atom. The van der Waals surface area contributed by atoms with Crippen molar-refractivity contribution in [1.29, 1.82) is 0 Å². The van der Waals surface area contributed by atoms with E-state index in [2.05, 4.69) is 148 Å². The zero-order valence-corrected chi connectivity index (χ0v) is 39.6. The highest BCUT2D eigenvalue weighted by Gasteiger charge is 2.59. The summed E-state index contributed by atoms with van der Waals surface area (Å²) in [6.07, 6.45) is 0. The van der Waals surface area contributed by atoms with Crippen LogP contribution in [0.5, 0.6) is 5.75 Å². The van der Waals surface area contributed by atoms with E-state index in [4.69, 9.17) is 9.03 Å². The van der Waals surface area contributed by atoms with Crippen LogP contribution in [-0.2, 0) is 0 Å². The van der Waals surface area contributed by atoms with Crippen LogP contribution in [0.1, 0.15) is 111 Å². The zero-order valence-electron chi connectivity index (χ0n) is 36.9. The quantitative estimate of drug-likeness (QED) is 0.0853.